The first-order chi connectivity index (χ1) is 7.92. The van der Waals surface area contributed by atoms with E-state index < -0.39 is 17.3 Å². The van der Waals surface area contributed by atoms with Crippen LogP contribution in [0.4, 0.5) is 13.2 Å². The highest BCUT2D eigenvalue weighted by Crippen LogP contribution is 2.37. The van der Waals surface area contributed by atoms with E-state index in [1.165, 1.54) is 12.1 Å². The molecule has 5 heteroatoms. The Kier molecular flexibility index (Phi) is 3.41. The van der Waals surface area contributed by atoms with Gasteiger partial charge in [-0.1, -0.05) is 12.1 Å². The molecule has 0 radical (unpaired) electrons. The Labute approximate surface area is 102 Å². The number of halogens is 3. The van der Waals surface area contributed by atoms with Crippen molar-refractivity contribution in [1.82, 2.24) is 0 Å². The average molecular weight is 262 g/mol. The van der Waals surface area contributed by atoms with Crippen LogP contribution in [0.1, 0.15) is 24.0 Å². The lowest BCUT2D eigenvalue weighted by Gasteiger charge is -2.32. The second-order valence-electron chi connectivity index (χ2n) is 4.22. The fourth-order valence-corrected chi connectivity index (χ4v) is 3.14. The summed E-state index contributed by atoms with van der Waals surface area (Å²) in [7, 11) is 0. The van der Waals surface area contributed by atoms with Gasteiger partial charge < -0.3 is 5.11 Å². The van der Waals surface area contributed by atoms with Gasteiger partial charge in [-0.25, -0.2) is 0 Å². The zero-order valence-corrected chi connectivity index (χ0v) is 9.94. The first-order valence-corrected chi connectivity index (χ1v) is 6.55. The molecule has 1 fully saturated rings. The van der Waals surface area contributed by atoms with Crippen molar-refractivity contribution >= 4 is 11.8 Å². The molecule has 1 heterocycles. The number of benzene rings is 1. The second-order valence-corrected chi connectivity index (χ2v) is 5.44. The van der Waals surface area contributed by atoms with Crippen LogP contribution in [0.3, 0.4) is 0 Å². The maximum atomic E-state index is 12.4. The van der Waals surface area contributed by atoms with E-state index in [-0.39, 0.29) is 0 Å². The molecule has 1 N–H and O–H groups in total. The van der Waals surface area contributed by atoms with E-state index in [0.717, 1.165) is 23.6 Å². The summed E-state index contributed by atoms with van der Waals surface area (Å²) in [6.07, 6.45) is -3.12. The SMILES string of the molecule is OC1(c2ccc(C(F)(F)F)cc2)CCSCC1. The third-order valence-electron chi connectivity index (χ3n) is 3.07. The van der Waals surface area contributed by atoms with E-state index in [1.54, 1.807) is 11.8 Å². The van der Waals surface area contributed by atoms with Gasteiger partial charge in [0.1, 0.15) is 0 Å². The number of hydrogen-bond donors (Lipinski definition) is 1. The summed E-state index contributed by atoms with van der Waals surface area (Å²) in [6, 6.07) is 4.85. The summed E-state index contributed by atoms with van der Waals surface area (Å²) in [4.78, 5) is 0. The van der Waals surface area contributed by atoms with Crippen LogP contribution >= 0.6 is 11.8 Å². The third-order valence-corrected chi connectivity index (χ3v) is 4.06. The van der Waals surface area contributed by atoms with Gasteiger partial charge in [-0.05, 0) is 42.0 Å². The predicted octanol–water partition coefficient (Wildman–Crippen LogP) is 3.42. The van der Waals surface area contributed by atoms with Crippen LogP contribution < -0.4 is 0 Å². The van der Waals surface area contributed by atoms with Gasteiger partial charge >= 0.3 is 6.18 Å². The van der Waals surface area contributed by atoms with E-state index in [1.807, 2.05) is 0 Å². The average Bonchev–Trinajstić information content (AvgIpc) is 2.29. The van der Waals surface area contributed by atoms with E-state index in [4.69, 9.17) is 0 Å². The number of alkyl halides is 3. The molecule has 17 heavy (non-hydrogen) atoms. The van der Waals surface area contributed by atoms with Crippen molar-refractivity contribution in [3.8, 4) is 0 Å². The molecule has 1 aliphatic rings. The molecule has 1 nitrogen and oxygen atoms in total. The molecule has 1 aromatic rings. The maximum absolute atomic E-state index is 12.4. The number of thioether (sulfide) groups is 1. The Morgan fingerprint density at radius 2 is 1.59 bits per heavy atom. The lowest BCUT2D eigenvalue weighted by atomic mass is 9.88. The van der Waals surface area contributed by atoms with Crippen LogP contribution in [0, 0.1) is 0 Å². The van der Waals surface area contributed by atoms with Gasteiger partial charge in [0.15, 0.2) is 0 Å². The highest BCUT2D eigenvalue weighted by Gasteiger charge is 2.34. The Hall–Kier alpha value is -0.680. The molecule has 0 unspecified atom stereocenters. The summed E-state index contributed by atoms with van der Waals surface area (Å²) < 4.78 is 37.2. The minimum Gasteiger partial charge on any atom is -0.385 e. The first-order valence-electron chi connectivity index (χ1n) is 5.40. The Morgan fingerprint density at radius 3 is 2.06 bits per heavy atom. The summed E-state index contributed by atoms with van der Waals surface area (Å²) >= 11 is 1.76. The van der Waals surface area contributed by atoms with Gasteiger partial charge in [-0.2, -0.15) is 24.9 Å². The highest BCUT2D eigenvalue weighted by molar-refractivity contribution is 7.99. The standard InChI is InChI=1S/C12H13F3OS/c13-12(14,15)10-3-1-9(2-4-10)11(16)5-7-17-8-6-11/h1-4,16H,5-8H2. The third kappa shape index (κ3) is 2.77. The molecule has 0 aliphatic carbocycles. The van der Waals surface area contributed by atoms with Gasteiger partial charge in [0.2, 0.25) is 0 Å². The Bertz CT molecular complexity index is 380. The summed E-state index contributed by atoms with van der Waals surface area (Å²) in [6.45, 7) is 0. The second kappa shape index (κ2) is 4.53. The molecule has 0 atom stereocenters. The lowest BCUT2D eigenvalue weighted by Crippen LogP contribution is -2.30. The summed E-state index contributed by atoms with van der Waals surface area (Å²) in [5.74, 6) is 1.69. The van der Waals surface area contributed by atoms with Crippen molar-refractivity contribution in [3.63, 3.8) is 0 Å². The van der Waals surface area contributed by atoms with E-state index in [9.17, 15) is 18.3 Å². The van der Waals surface area contributed by atoms with Gasteiger partial charge in [-0.3, -0.25) is 0 Å². The minimum absolute atomic E-state index is 0.589. The largest absolute Gasteiger partial charge is 0.416 e. The molecular weight excluding hydrogens is 249 g/mol. The number of rotatable bonds is 1. The molecule has 1 saturated heterocycles. The maximum Gasteiger partial charge on any atom is 0.416 e. The predicted molar refractivity (Wildman–Crippen MR) is 61.9 cm³/mol. The smallest absolute Gasteiger partial charge is 0.385 e. The van der Waals surface area contributed by atoms with Crippen LogP contribution in [0.5, 0.6) is 0 Å². The Balaban J connectivity index is 2.23. The topological polar surface area (TPSA) is 20.2 Å². The van der Waals surface area contributed by atoms with Crippen molar-refractivity contribution in [2.75, 3.05) is 11.5 Å². The molecule has 2 rings (SSSR count). The van der Waals surface area contributed by atoms with Crippen molar-refractivity contribution in [2.24, 2.45) is 0 Å². The van der Waals surface area contributed by atoms with Crippen LogP contribution in [0.25, 0.3) is 0 Å². The minimum atomic E-state index is -4.32. The van der Waals surface area contributed by atoms with Gasteiger partial charge in [0, 0.05) is 0 Å². The molecule has 94 valence electrons. The van der Waals surface area contributed by atoms with Crippen LogP contribution in [0.2, 0.25) is 0 Å². The summed E-state index contributed by atoms with van der Waals surface area (Å²) in [5, 5.41) is 10.3. The molecule has 0 saturated carbocycles. The molecule has 0 aromatic heterocycles. The number of aliphatic hydroxyl groups is 1. The number of hydrogen-bond acceptors (Lipinski definition) is 2. The molecule has 0 amide bonds. The highest BCUT2D eigenvalue weighted by atomic mass is 32.2. The molecule has 1 aromatic carbocycles. The fraction of sp³-hybridized carbons (Fsp3) is 0.500. The zero-order chi connectivity index (χ0) is 12.5. The lowest BCUT2D eigenvalue weighted by molar-refractivity contribution is -0.137. The zero-order valence-electron chi connectivity index (χ0n) is 9.13. The summed E-state index contributed by atoms with van der Waals surface area (Å²) in [5.41, 5.74) is -1.03. The van der Waals surface area contributed by atoms with Crippen LogP contribution in [-0.4, -0.2) is 16.6 Å². The monoisotopic (exact) mass is 262 g/mol. The van der Waals surface area contributed by atoms with Crippen molar-refractivity contribution in [1.29, 1.82) is 0 Å². The van der Waals surface area contributed by atoms with Crippen LogP contribution in [0.15, 0.2) is 24.3 Å². The van der Waals surface area contributed by atoms with Crippen LogP contribution in [-0.2, 0) is 11.8 Å². The Morgan fingerprint density at radius 1 is 1.06 bits per heavy atom. The molecule has 1 aliphatic heterocycles. The fourth-order valence-electron chi connectivity index (χ4n) is 1.97. The first kappa shape index (κ1) is 12.8. The van der Waals surface area contributed by atoms with Gasteiger partial charge in [0.25, 0.3) is 0 Å². The molecular formula is C12H13F3OS. The van der Waals surface area contributed by atoms with Crippen molar-refractivity contribution in [2.45, 2.75) is 24.6 Å². The van der Waals surface area contributed by atoms with Gasteiger partial charge in [0.05, 0.1) is 11.2 Å². The normalized spacial score (nSPS) is 20.2. The van der Waals surface area contributed by atoms with E-state index in [0.29, 0.717) is 18.4 Å². The van der Waals surface area contributed by atoms with Crippen molar-refractivity contribution in [3.05, 3.63) is 35.4 Å². The van der Waals surface area contributed by atoms with E-state index in [2.05, 4.69) is 0 Å². The van der Waals surface area contributed by atoms with Gasteiger partial charge in [-0.15, -0.1) is 0 Å². The van der Waals surface area contributed by atoms with E-state index >= 15 is 0 Å². The quantitative estimate of drug-likeness (QED) is 0.836. The van der Waals surface area contributed by atoms with Crippen molar-refractivity contribution < 1.29 is 18.3 Å². The molecule has 0 bridgehead atoms. The molecule has 0 spiro atoms.